The molecule has 0 radical (unpaired) electrons. The Morgan fingerprint density at radius 3 is 2.59 bits per heavy atom. The van der Waals surface area contributed by atoms with Crippen molar-refractivity contribution in [2.45, 2.75) is 62.9 Å². The first-order chi connectivity index (χ1) is 18.9. The Morgan fingerprint density at radius 2 is 1.90 bits per heavy atom. The SMILES string of the molecule is Cc1cc(Nc2nc(NC3CC4CCC(C3)N4CCC#N)nc3c2ccn3S(=O)(=O)Cc2ccccc2)n[nH]1. The van der Waals surface area contributed by atoms with Crippen molar-refractivity contribution in [1.29, 1.82) is 5.26 Å². The molecule has 39 heavy (non-hydrogen) atoms. The summed E-state index contributed by atoms with van der Waals surface area (Å²) in [6, 6.07) is 16.0. The van der Waals surface area contributed by atoms with Gasteiger partial charge in [0.05, 0.1) is 17.2 Å². The summed E-state index contributed by atoms with van der Waals surface area (Å²) in [6.07, 6.45) is 6.19. The predicted octanol–water partition coefficient (Wildman–Crippen LogP) is 3.91. The lowest BCUT2D eigenvalue weighted by atomic mass is 9.97. The van der Waals surface area contributed by atoms with Crippen molar-refractivity contribution in [1.82, 2.24) is 29.0 Å². The number of nitrogens with one attached hydrogen (secondary N) is 3. The fourth-order valence-electron chi connectivity index (χ4n) is 5.95. The van der Waals surface area contributed by atoms with Gasteiger partial charge in [0, 0.05) is 49.0 Å². The Bertz CT molecular complexity index is 1610. The van der Waals surface area contributed by atoms with E-state index >= 15 is 0 Å². The van der Waals surface area contributed by atoms with Crippen LogP contribution in [0, 0.1) is 18.3 Å². The molecule has 2 saturated heterocycles. The van der Waals surface area contributed by atoms with Crippen molar-refractivity contribution < 1.29 is 8.42 Å². The molecular weight excluding hydrogens is 514 g/mol. The van der Waals surface area contributed by atoms with E-state index in [1.165, 1.54) is 10.2 Å². The number of anilines is 3. The molecule has 11 nitrogen and oxygen atoms in total. The highest BCUT2D eigenvalue weighted by Crippen LogP contribution is 2.37. The second kappa shape index (κ2) is 10.3. The summed E-state index contributed by atoms with van der Waals surface area (Å²) in [4.78, 5) is 12.0. The van der Waals surface area contributed by atoms with Crippen molar-refractivity contribution in [3.05, 3.63) is 59.9 Å². The number of aryl methyl sites for hydroxylation is 1. The zero-order valence-electron chi connectivity index (χ0n) is 21.7. The van der Waals surface area contributed by atoms with Crippen LogP contribution in [0.25, 0.3) is 11.0 Å². The molecule has 0 saturated carbocycles. The van der Waals surface area contributed by atoms with E-state index in [4.69, 9.17) is 15.2 Å². The number of nitriles is 1. The van der Waals surface area contributed by atoms with Crippen LogP contribution in [0.15, 0.2) is 48.7 Å². The third-order valence-corrected chi connectivity index (χ3v) is 9.25. The molecule has 0 aliphatic carbocycles. The van der Waals surface area contributed by atoms with E-state index in [0.29, 0.717) is 52.7 Å². The topological polar surface area (TPSA) is 145 Å². The van der Waals surface area contributed by atoms with Gasteiger partial charge in [-0.1, -0.05) is 30.3 Å². The molecule has 2 atom stereocenters. The molecule has 0 amide bonds. The van der Waals surface area contributed by atoms with E-state index < -0.39 is 10.0 Å². The lowest BCUT2D eigenvalue weighted by molar-refractivity contribution is 0.135. The number of hydrogen-bond acceptors (Lipinski definition) is 9. The van der Waals surface area contributed by atoms with Gasteiger partial charge < -0.3 is 10.6 Å². The van der Waals surface area contributed by atoms with E-state index in [9.17, 15) is 8.42 Å². The van der Waals surface area contributed by atoms with E-state index in [1.54, 1.807) is 18.2 Å². The van der Waals surface area contributed by atoms with Gasteiger partial charge in [-0.15, -0.1) is 0 Å². The normalized spacial score (nSPS) is 21.2. The van der Waals surface area contributed by atoms with Crippen molar-refractivity contribution >= 4 is 38.6 Å². The van der Waals surface area contributed by atoms with Gasteiger partial charge in [-0.3, -0.25) is 10.00 Å². The molecule has 5 heterocycles. The Labute approximate surface area is 227 Å². The monoisotopic (exact) mass is 545 g/mol. The minimum atomic E-state index is -3.74. The number of H-pyrrole nitrogens is 1. The summed E-state index contributed by atoms with van der Waals surface area (Å²) in [5.41, 5.74) is 1.91. The van der Waals surface area contributed by atoms with Crippen LogP contribution in [0.2, 0.25) is 0 Å². The van der Waals surface area contributed by atoms with Gasteiger partial charge >= 0.3 is 0 Å². The van der Waals surface area contributed by atoms with Crippen molar-refractivity contribution in [3.63, 3.8) is 0 Å². The molecule has 3 aromatic heterocycles. The second-order valence-electron chi connectivity index (χ2n) is 10.4. The van der Waals surface area contributed by atoms with Crippen LogP contribution in [-0.4, -0.2) is 62.1 Å². The van der Waals surface area contributed by atoms with Crippen LogP contribution in [0.1, 0.15) is 43.4 Å². The van der Waals surface area contributed by atoms with Crippen LogP contribution < -0.4 is 10.6 Å². The highest BCUT2D eigenvalue weighted by atomic mass is 32.2. The largest absolute Gasteiger partial charge is 0.351 e. The maximum atomic E-state index is 13.5. The van der Waals surface area contributed by atoms with Gasteiger partial charge in [-0.25, -0.2) is 12.4 Å². The van der Waals surface area contributed by atoms with Gasteiger partial charge in [0.1, 0.15) is 5.82 Å². The Hall–Kier alpha value is -3.95. The number of aromatic nitrogens is 5. The van der Waals surface area contributed by atoms with Crippen LogP contribution in [0.4, 0.5) is 17.6 Å². The van der Waals surface area contributed by atoms with E-state index in [0.717, 1.165) is 37.9 Å². The van der Waals surface area contributed by atoms with Gasteiger partial charge in [0.2, 0.25) is 16.0 Å². The quantitative estimate of drug-likeness (QED) is 0.285. The molecule has 2 unspecified atom stereocenters. The lowest BCUT2D eigenvalue weighted by Gasteiger charge is -2.38. The molecule has 3 N–H and O–H groups in total. The van der Waals surface area contributed by atoms with Gasteiger partial charge in [0.15, 0.2) is 11.5 Å². The molecule has 202 valence electrons. The van der Waals surface area contributed by atoms with Crippen LogP contribution in [0.3, 0.4) is 0 Å². The zero-order chi connectivity index (χ0) is 27.0. The smallest absolute Gasteiger partial charge is 0.244 e. The van der Waals surface area contributed by atoms with Crippen LogP contribution in [0.5, 0.6) is 0 Å². The molecule has 2 bridgehead atoms. The first-order valence-electron chi connectivity index (χ1n) is 13.2. The average Bonchev–Trinajstić information content (AvgIpc) is 3.59. The molecule has 0 spiro atoms. The number of benzene rings is 1. The van der Waals surface area contributed by atoms with Crippen LogP contribution in [-0.2, 0) is 15.8 Å². The predicted molar refractivity (Wildman–Crippen MR) is 149 cm³/mol. The van der Waals surface area contributed by atoms with Gasteiger partial charge in [-0.05, 0) is 44.2 Å². The molecule has 1 aromatic carbocycles. The summed E-state index contributed by atoms with van der Waals surface area (Å²) >= 11 is 0. The number of aromatic amines is 1. The summed E-state index contributed by atoms with van der Waals surface area (Å²) < 4.78 is 28.2. The highest BCUT2D eigenvalue weighted by Gasteiger charge is 2.40. The van der Waals surface area contributed by atoms with Crippen molar-refractivity contribution in [2.75, 3.05) is 17.2 Å². The molecule has 2 aliphatic rings. The highest BCUT2D eigenvalue weighted by molar-refractivity contribution is 7.89. The van der Waals surface area contributed by atoms with E-state index in [2.05, 4.69) is 31.8 Å². The van der Waals surface area contributed by atoms with E-state index in [1.807, 2.05) is 31.2 Å². The number of nitrogens with zero attached hydrogens (tertiary/aromatic N) is 6. The molecule has 2 aliphatic heterocycles. The summed E-state index contributed by atoms with van der Waals surface area (Å²) in [7, 11) is -3.74. The zero-order valence-corrected chi connectivity index (χ0v) is 22.5. The number of rotatable bonds is 9. The van der Waals surface area contributed by atoms with Crippen molar-refractivity contribution in [3.8, 4) is 6.07 Å². The summed E-state index contributed by atoms with van der Waals surface area (Å²) in [6.45, 7) is 2.72. The first-order valence-corrected chi connectivity index (χ1v) is 14.8. The summed E-state index contributed by atoms with van der Waals surface area (Å²) in [5.74, 6) is 1.30. The number of piperidine rings is 1. The standard InChI is InChI=1S/C27H31N9O2S/c1-18-14-24(34-33-18)30-25-23-10-13-36(39(37,38)17-19-6-3-2-4-7-19)26(23)32-27(31-25)29-20-15-21-8-9-22(16-20)35(21)12-5-11-28/h2-4,6-7,10,13-14,20-22H,5,8-9,12,15-17H2,1H3,(H3,29,30,31,32,33,34). The van der Waals surface area contributed by atoms with Gasteiger partial charge in [-0.2, -0.15) is 20.3 Å². The van der Waals surface area contributed by atoms with E-state index in [-0.39, 0.29) is 11.8 Å². The Balaban J connectivity index is 1.33. The van der Waals surface area contributed by atoms with Crippen molar-refractivity contribution in [2.24, 2.45) is 0 Å². The summed E-state index contributed by atoms with van der Waals surface area (Å²) in [5, 5.41) is 23.6. The lowest BCUT2D eigenvalue weighted by Crippen LogP contribution is -2.47. The minimum Gasteiger partial charge on any atom is -0.351 e. The maximum absolute atomic E-state index is 13.5. The Kier molecular flexibility index (Phi) is 6.70. The third kappa shape index (κ3) is 5.20. The fourth-order valence-corrected chi connectivity index (χ4v) is 7.35. The number of hydrogen-bond donors (Lipinski definition) is 3. The average molecular weight is 546 g/mol. The molecule has 4 aromatic rings. The Morgan fingerprint density at radius 1 is 1.13 bits per heavy atom. The fraction of sp³-hybridized carbons (Fsp3) is 0.407. The molecule has 12 heteroatoms. The molecular formula is C27H31N9O2S. The maximum Gasteiger partial charge on any atom is 0.244 e. The molecule has 2 fully saturated rings. The third-order valence-electron chi connectivity index (χ3n) is 7.65. The number of fused-ring (bicyclic) bond motifs is 3. The van der Waals surface area contributed by atoms with Crippen LogP contribution >= 0.6 is 0 Å². The van der Waals surface area contributed by atoms with Gasteiger partial charge in [0.25, 0.3) is 0 Å². The first kappa shape index (κ1) is 25.3. The molecule has 6 rings (SSSR count). The second-order valence-corrected chi connectivity index (χ2v) is 12.2. The minimum absolute atomic E-state index is 0.143.